The number of H-pyrrole nitrogens is 2. The van der Waals surface area contributed by atoms with Gasteiger partial charge in [0.1, 0.15) is 47.3 Å². The monoisotopic (exact) mass is 914 g/mol. The Morgan fingerprint density at radius 1 is 0.591 bits per heavy atom. The first kappa shape index (κ1) is 47.9. The molecule has 6 rings (SSSR count). The molecule has 22 heteroatoms. The predicted molar refractivity (Wildman–Crippen MR) is 241 cm³/mol. The average Bonchev–Trinajstić information content (AvgIpc) is 3.99. The number of aromatic amines is 2. The Hall–Kier alpha value is -7.52. The number of pyridine rings is 2. The fourth-order valence-electron chi connectivity index (χ4n) is 7.85. The molecular weight excluding hydrogens is 861 g/mol. The second-order valence-electron chi connectivity index (χ2n) is 16.2. The number of nitrogens with zero attached hydrogens (tertiary/aromatic N) is 2. The summed E-state index contributed by atoms with van der Waals surface area (Å²) in [5, 5.41) is 16.0. The molecule has 0 bridgehead atoms. The number of amides is 8. The first-order chi connectivity index (χ1) is 31.4. The van der Waals surface area contributed by atoms with E-state index in [1.165, 1.54) is 73.9 Å². The third-order valence-electron chi connectivity index (χ3n) is 11.4. The number of esters is 2. The van der Waals surface area contributed by atoms with Gasteiger partial charge in [0.05, 0.1) is 24.2 Å². The summed E-state index contributed by atoms with van der Waals surface area (Å²) in [6.07, 6.45) is 1.78. The molecule has 0 radical (unpaired) electrons. The highest BCUT2D eigenvalue weighted by atomic mass is 16.5. The molecule has 2 aliphatic heterocycles. The minimum absolute atomic E-state index is 0.0379. The number of urea groups is 2. The SMILES string of the molecule is CCOC(=O)[C@@H](C)NC(=O)N1CCC[C@H]1C(=O)N[C@H](C)C(=O)Nc1ccc2[nH]c3c(=O)c4cc(NC(=O)[C@@H](C)NC(=O)[C@@H]5CCCN5C(=O)N[C@H](C)C(=O)OCC)ccc4[nH]c3c(=O)c2c1. The highest BCUT2D eigenvalue weighted by Crippen LogP contribution is 2.23. The lowest BCUT2D eigenvalue weighted by Gasteiger charge is -2.26. The molecule has 2 saturated heterocycles. The number of anilines is 2. The van der Waals surface area contributed by atoms with Gasteiger partial charge in [0, 0.05) is 35.2 Å². The molecule has 0 saturated carbocycles. The van der Waals surface area contributed by atoms with Crippen molar-refractivity contribution in [1.82, 2.24) is 41.0 Å². The molecule has 8 N–H and O–H groups in total. The van der Waals surface area contributed by atoms with Crippen LogP contribution < -0.4 is 42.8 Å². The van der Waals surface area contributed by atoms with Crippen LogP contribution in [0.25, 0.3) is 32.8 Å². The Balaban J connectivity index is 1.09. The molecule has 6 atom stereocenters. The van der Waals surface area contributed by atoms with Gasteiger partial charge in [-0.15, -0.1) is 0 Å². The molecule has 352 valence electrons. The van der Waals surface area contributed by atoms with E-state index in [0.29, 0.717) is 25.7 Å². The van der Waals surface area contributed by atoms with Gasteiger partial charge in [-0.2, -0.15) is 0 Å². The van der Waals surface area contributed by atoms with Crippen molar-refractivity contribution in [2.24, 2.45) is 0 Å². The number of fused-ring (bicyclic) bond motifs is 3. The lowest BCUT2D eigenvalue weighted by atomic mass is 10.1. The number of ether oxygens (including phenoxy) is 2. The topological polar surface area (TPSA) is 299 Å². The van der Waals surface area contributed by atoms with Gasteiger partial charge in [-0.25, -0.2) is 19.2 Å². The number of nitrogens with one attached hydrogen (secondary N) is 8. The molecule has 2 aliphatic rings. The Labute approximate surface area is 377 Å². The molecule has 0 unspecified atom stereocenters. The van der Waals surface area contributed by atoms with Gasteiger partial charge >= 0.3 is 24.0 Å². The minimum atomic E-state index is -1.05. The second-order valence-corrected chi connectivity index (χ2v) is 16.2. The van der Waals surface area contributed by atoms with Crippen molar-refractivity contribution in [3.8, 4) is 0 Å². The summed E-state index contributed by atoms with van der Waals surface area (Å²) in [6, 6.07) is 1.99. The first-order valence-corrected chi connectivity index (χ1v) is 21.8. The summed E-state index contributed by atoms with van der Waals surface area (Å²) < 4.78 is 9.86. The molecule has 0 aliphatic carbocycles. The first-order valence-electron chi connectivity index (χ1n) is 21.8. The number of carbonyl (C=O) groups is 8. The van der Waals surface area contributed by atoms with E-state index in [1.807, 2.05) is 0 Å². The molecule has 0 spiro atoms. The summed E-state index contributed by atoms with van der Waals surface area (Å²) in [7, 11) is 0. The smallest absolute Gasteiger partial charge is 0.328 e. The summed E-state index contributed by atoms with van der Waals surface area (Å²) in [6.45, 7) is 10.0. The van der Waals surface area contributed by atoms with Crippen molar-refractivity contribution in [2.75, 3.05) is 36.9 Å². The zero-order chi connectivity index (χ0) is 48.0. The third kappa shape index (κ3) is 10.5. The van der Waals surface area contributed by atoms with Crippen molar-refractivity contribution >= 4 is 91.8 Å². The van der Waals surface area contributed by atoms with Crippen LogP contribution in [0.15, 0.2) is 46.0 Å². The zero-order valence-electron chi connectivity index (χ0n) is 37.4. The van der Waals surface area contributed by atoms with E-state index in [2.05, 4.69) is 41.9 Å². The van der Waals surface area contributed by atoms with Crippen LogP contribution in [-0.2, 0) is 38.2 Å². The van der Waals surface area contributed by atoms with Gasteiger partial charge in [0.25, 0.3) is 0 Å². The van der Waals surface area contributed by atoms with Crippen molar-refractivity contribution in [2.45, 2.75) is 103 Å². The summed E-state index contributed by atoms with van der Waals surface area (Å²) in [5.74, 6) is -3.54. The lowest BCUT2D eigenvalue weighted by Crippen LogP contribution is -2.54. The van der Waals surface area contributed by atoms with E-state index >= 15 is 0 Å². The maximum Gasteiger partial charge on any atom is 0.328 e. The number of carbonyl (C=O) groups excluding carboxylic acids is 8. The number of aromatic nitrogens is 2. The largest absolute Gasteiger partial charge is 0.464 e. The van der Waals surface area contributed by atoms with E-state index in [9.17, 15) is 47.9 Å². The van der Waals surface area contributed by atoms with Crippen molar-refractivity contribution in [1.29, 1.82) is 0 Å². The van der Waals surface area contributed by atoms with Gasteiger partial charge < -0.3 is 61.1 Å². The average molecular weight is 915 g/mol. The molecule has 8 amide bonds. The summed E-state index contributed by atoms with van der Waals surface area (Å²) in [5.41, 5.74) is -0.124. The summed E-state index contributed by atoms with van der Waals surface area (Å²) in [4.78, 5) is 139. The number of hydrogen-bond donors (Lipinski definition) is 8. The van der Waals surface area contributed by atoms with Crippen LogP contribution in [0.5, 0.6) is 0 Å². The molecule has 4 heterocycles. The number of hydrogen-bond acceptors (Lipinski definition) is 12. The summed E-state index contributed by atoms with van der Waals surface area (Å²) >= 11 is 0. The fourth-order valence-corrected chi connectivity index (χ4v) is 7.85. The number of rotatable bonds is 14. The van der Waals surface area contributed by atoms with Gasteiger partial charge in [-0.1, -0.05) is 0 Å². The van der Waals surface area contributed by atoms with Crippen molar-refractivity contribution in [3.05, 3.63) is 56.8 Å². The molecule has 2 fully saturated rings. The molecular formula is C44H54N10O12. The number of likely N-dealkylation sites (tertiary alicyclic amines) is 2. The van der Waals surface area contributed by atoms with Gasteiger partial charge in [-0.3, -0.25) is 28.8 Å². The Morgan fingerprint density at radius 3 is 1.33 bits per heavy atom. The Bertz CT molecular complexity index is 2530. The van der Waals surface area contributed by atoms with Crippen molar-refractivity contribution < 1.29 is 47.8 Å². The maximum atomic E-state index is 13.8. The Kier molecular flexibility index (Phi) is 14.9. The van der Waals surface area contributed by atoms with Crippen LogP contribution in [0.2, 0.25) is 0 Å². The van der Waals surface area contributed by atoms with E-state index in [1.54, 1.807) is 13.8 Å². The second kappa shape index (κ2) is 20.5. The highest BCUT2D eigenvalue weighted by molar-refractivity contribution is 6.03. The molecule has 2 aromatic heterocycles. The van der Waals surface area contributed by atoms with Crippen LogP contribution in [0.1, 0.15) is 67.2 Å². The van der Waals surface area contributed by atoms with Crippen molar-refractivity contribution in [3.63, 3.8) is 0 Å². The highest BCUT2D eigenvalue weighted by Gasteiger charge is 2.38. The molecule has 4 aromatic rings. The molecule has 66 heavy (non-hydrogen) atoms. The lowest BCUT2D eigenvalue weighted by molar-refractivity contribution is -0.145. The number of benzene rings is 2. The van der Waals surface area contributed by atoms with E-state index in [-0.39, 0.29) is 70.5 Å². The molecule has 22 nitrogen and oxygen atoms in total. The maximum absolute atomic E-state index is 13.8. The standard InChI is InChI=1S/C44H54N10O12/c1-7-65-41(61)23(5)47-43(63)53-17-9-11-31(53)39(59)45-21(3)37(57)49-25-13-15-29-27(19-25)35(55)33-34(51-29)36(56)28-20-26(14-16-30(28)52-33)50-38(58)22(4)46-40(60)32-12-10-18-54(32)44(64)48-24(6)42(62)66-8-2/h13-16,19-24,31-32H,7-12,17-18H2,1-6H3,(H,45,59)(H,46,60)(H,47,63)(H,48,64)(H,49,57)(H,50,58)(H,51,55)(H,52,56)/t21-,22-,23-,24-,31+,32+/m1/s1. The van der Waals surface area contributed by atoms with Crippen LogP contribution >= 0.6 is 0 Å². The van der Waals surface area contributed by atoms with Gasteiger partial charge in [-0.05, 0) is 104 Å². The van der Waals surface area contributed by atoms with Gasteiger partial charge in [0.15, 0.2) is 0 Å². The normalized spacial score (nSPS) is 17.6. The van der Waals surface area contributed by atoms with Crippen LogP contribution in [-0.4, -0.2) is 130 Å². The van der Waals surface area contributed by atoms with Gasteiger partial charge in [0.2, 0.25) is 34.5 Å². The molecule has 2 aromatic carbocycles. The fraction of sp³-hybridized carbons (Fsp3) is 0.455. The minimum Gasteiger partial charge on any atom is -0.464 e. The zero-order valence-corrected chi connectivity index (χ0v) is 37.4. The van der Waals surface area contributed by atoms with E-state index < -0.39 is 94.7 Å². The van der Waals surface area contributed by atoms with E-state index in [4.69, 9.17) is 9.47 Å². The quantitative estimate of drug-likeness (QED) is 0.0662. The van der Waals surface area contributed by atoms with E-state index in [0.717, 1.165) is 0 Å². The van der Waals surface area contributed by atoms with Crippen LogP contribution in [0, 0.1) is 0 Å². The Morgan fingerprint density at radius 2 is 0.970 bits per heavy atom. The van der Waals surface area contributed by atoms with Crippen LogP contribution in [0.4, 0.5) is 21.0 Å². The van der Waals surface area contributed by atoms with Crippen LogP contribution in [0.3, 0.4) is 0 Å². The predicted octanol–water partition coefficient (Wildman–Crippen LogP) is 1.66. The third-order valence-corrected chi connectivity index (χ3v) is 11.4.